The highest BCUT2D eigenvalue weighted by Gasteiger charge is 2.65. The van der Waals surface area contributed by atoms with Gasteiger partial charge in [0.25, 0.3) is 0 Å². The number of hydrogen-bond acceptors (Lipinski definition) is 2. The van der Waals surface area contributed by atoms with Crippen LogP contribution in [-0.2, 0) is 0 Å². The van der Waals surface area contributed by atoms with E-state index in [0.717, 1.165) is 0 Å². The maximum Gasteiger partial charge on any atom is 0.150 e. The maximum atomic E-state index is 6.09. The zero-order chi connectivity index (χ0) is 13.0. The summed E-state index contributed by atoms with van der Waals surface area (Å²) in [6.07, 6.45) is 0. The van der Waals surface area contributed by atoms with Crippen LogP contribution in [0.25, 0.3) is 0 Å². The number of hydrogen-bond donors (Lipinski definition) is 1. The molecule has 2 nitrogen and oxygen atoms in total. The molecule has 1 saturated carbocycles. The van der Waals surface area contributed by atoms with Crippen molar-refractivity contribution in [3.63, 3.8) is 0 Å². The van der Waals surface area contributed by atoms with Gasteiger partial charge in [-0.25, -0.2) is 4.98 Å². The van der Waals surface area contributed by atoms with Crippen LogP contribution in [0.3, 0.4) is 0 Å². The van der Waals surface area contributed by atoms with E-state index < -0.39 is 0 Å². The van der Waals surface area contributed by atoms with Crippen molar-refractivity contribution in [1.29, 1.82) is 0 Å². The summed E-state index contributed by atoms with van der Waals surface area (Å²) in [6.45, 7) is 8.87. The molecule has 1 aromatic heterocycles. The molecule has 0 unspecified atom stereocenters. The number of rotatable bonds is 2. The van der Waals surface area contributed by atoms with E-state index in [4.69, 9.17) is 34.8 Å². The Hall–Kier alpha value is -0.180. The molecular weight excluding hydrogens is 279 g/mol. The SMILES string of the molecule is CC1(C)C(Nc2nc(Cl)c(Cl)cc2Cl)C1(C)C. The van der Waals surface area contributed by atoms with E-state index in [1.54, 1.807) is 6.07 Å². The lowest BCUT2D eigenvalue weighted by atomic mass is 10.0. The third-order valence-corrected chi connectivity index (χ3v) is 5.15. The van der Waals surface area contributed by atoms with E-state index in [9.17, 15) is 0 Å². The van der Waals surface area contributed by atoms with E-state index in [-0.39, 0.29) is 16.0 Å². The summed E-state index contributed by atoms with van der Waals surface area (Å²) in [7, 11) is 0. The number of nitrogens with zero attached hydrogens (tertiary/aromatic N) is 1. The minimum atomic E-state index is 0.212. The van der Waals surface area contributed by atoms with E-state index in [1.165, 1.54) is 0 Å². The molecule has 0 atom stereocenters. The minimum Gasteiger partial charge on any atom is -0.365 e. The second-order valence-electron chi connectivity index (χ2n) is 5.61. The fourth-order valence-electron chi connectivity index (χ4n) is 2.24. The van der Waals surface area contributed by atoms with Crippen LogP contribution in [0, 0.1) is 10.8 Å². The van der Waals surface area contributed by atoms with E-state index in [2.05, 4.69) is 38.0 Å². The van der Waals surface area contributed by atoms with Crippen LogP contribution in [0.5, 0.6) is 0 Å². The van der Waals surface area contributed by atoms with Gasteiger partial charge in [0.15, 0.2) is 0 Å². The lowest BCUT2D eigenvalue weighted by Crippen LogP contribution is -2.11. The second-order valence-corrected chi connectivity index (χ2v) is 6.78. The Morgan fingerprint density at radius 3 is 2.06 bits per heavy atom. The predicted octanol–water partition coefficient (Wildman–Crippen LogP) is 4.89. The van der Waals surface area contributed by atoms with Gasteiger partial charge in [0.2, 0.25) is 0 Å². The van der Waals surface area contributed by atoms with Crippen LogP contribution in [0.15, 0.2) is 6.07 Å². The van der Waals surface area contributed by atoms with Crippen molar-refractivity contribution >= 4 is 40.6 Å². The Morgan fingerprint density at radius 2 is 1.59 bits per heavy atom. The van der Waals surface area contributed by atoms with Gasteiger partial charge in [0, 0.05) is 6.04 Å². The number of anilines is 1. The van der Waals surface area contributed by atoms with Crippen LogP contribution < -0.4 is 5.32 Å². The Labute approximate surface area is 117 Å². The van der Waals surface area contributed by atoms with Gasteiger partial charge in [-0.1, -0.05) is 62.5 Å². The molecule has 94 valence electrons. The fourth-order valence-corrected chi connectivity index (χ4v) is 2.79. The normalized spacial score (nSPS) is 21.4. The van der Waals surface area contributed by atoms with Crippen molar-refractivity contribution in [2.24, 2.45) is 10.8 Å². The first-order valence-electron chi connectivity index (χ1n) is 5.46. The molecule has 1 aliphatic rings. The molecule has 1 fully saturated rings. The Kier molecular flexibility index (Phi) is 3.05. The molecule has 1 aromatic rings. The van der Waals surface area contributed by atoms with Crippen molar-refractivity contribution in [3.8, 4) is 0 Å². The zero-order valence-corrected chi connectivity index (χ0v) is 12.5. The lowest BCUT2D eigenvalue weighted by molar-refractivity contribution is 0.457. The van der Waals surface area contributed by atoms with Crippen LogP contribution in [0.2, 0.25) is 15.2 Å². The molecule has 0 aromatic carbocycles. The Bertz CT molecular complexity index is 455. The molecule has 1 aliphatic carbocycles. The summed E-state index contributed by atoms with van der Waals surface area (Å²) in [5.74, 6) is 0.602. The summed E-state index contributed by atoms with van der Waals surface area (Å²) in [5.41, 5.74) is 0.425. The average Bonchev–Trinajstić information content (AvgIpc) is 2.57. The third kappa shape index (κ3) is 2.00. The van der Waals surface area contributed by atoms with Crippen LogP contribution >= 0.6 is 34.8 Å². The molecule has 2 rings (SSSR count). The summed E-state index contributed by atoms with van der Waals surface area (Å²) in [6, 6.07) is 1.95. The average molecular weight is 294 g/mol. The molecule has 0 saturated heterocycles. The number of nitrogens with one attached hydrogen (secondary N) is 1. The number of aromatic nitrogens is 1. The van der Waals surface area contributed by atoms with Crippen molar-refractivity contribution in [2.75, 3.05) is 5.32 Å². The molecule has 0 radical (unpaired) electrons. The summed E-state index contributed by atoms with van der Waals surface area (Å²) < 4.78 is 0. The van der Waals surface area contributed by atoms with Gasteiger partial charge in [-0.05, 0) is 16.9 Å². The molecule has 5 heteroatoms. The monoisotopic (exact) mass is 292 g/mol. The molecule has 0 bridgehead atoms. The zero-order valence-electron chi connectivity index (χ0n) is 10.2. The van der Waals surface area contributed by atoms with Gasteiger partial charge in [0.1, 0.15) is 11.0 Å². The fraction of sp³-hybridized carbons (Fsp3) is 0.583. The van der Waals surface area contributed by atoms with Gasteiger partial charge in [0.05, 0.1) is 10.0 Å². The molecule has 1 heterocycles. The summed E-state index contributed by atoms with van der Waals surface area (Å²) in [4.78, 5) is 4.17. The summed E-state index contributed by atoms with van der Waals surface area (Å²) >= 11 is 17.8. The summed E-state index contributed by atoms with van der Waals surface area (Å²) in [5, 5.41) is 4.49. The first kappa shape index (κ1) is 13.3. The Morgan fingerprint density at radius 1 is 1.06 bits per heavy atom. The highest BCUT2D eigenvalue weighted by atomic mass is 35.5. The standard InChI is InChI=1S/C12H15Cl3N2/c1-11(2)10(12(11,3)4)17-9-7(14)5-6(13)8(15)16-9/h5,10H,1-4H3,(H,16,17). The first-order chi connectivity index (χ1) is 7.68. The molecule has 17 heavy (non-hydrogen) atoms. The molecule has 0 amide bonds. The Balaban J connectivity index is 2.25. The van der Waals surface area contributed by atoms with Gasteiger partial charge in [-0.3, -0.25) is 0 Å². The quantitative estimate of drug-likeness (QED) is 0.785. The van der Waals surface area contributed by atoms with E-state index in [0.29, 0.717) is 21.9 Å². The van der Waals surface area contributed by atoms with Crippen LogP contribution in [0.4, 0.5) is 5.82 Å². The van der Waals surface area contributed by atoms with E-state index in [1.807, 2.05) is 0 Å². The minimum absolute atomic E-state index is 0.212. The maximum absolute atomic E-state index is 6.09. The molecule has 0 aliphatic heterocycles. The smallest absolute Gasteiger partial charge is 0.150 e. The van der Waals surface area contributed by atoms with Gasteiger partial charge < -0.3 is 5.32 Å². The second kappa shape index (κ2) is 3.91. The van der Waals surface area contributed by atoms with Crippen molar-refractivity contribution < 1.29 is 0 Å². The van der Waals surface area contributed by atoms with Crippen molar-refractivity contribution in [2.45, 2.75) is 33.7 Å². The van der Waals surface area contributed by atoms with Crippen molar-refractivity contribution in [3.05, 3.63) is 21.3 Å². The van der Waals surface area contributed by atoms with Gasteiger partial charge in [-0.2, -0.15) is 0 Å². The predicted molar refractivity (Wildman–Crippen MR) is 74.2 cm³/mol. The molecule has 0 spiro atoms. The van der Waals surface area contributed by atoms with Gasteiger partial charge >= 0.3 is 0 Å². The lowest BCUT2D eigenvalue weighted by Gasteiger charge is -2.10. The van der Waals surface area contributed by atoms with Crippen LogP contribution in [-0.4, -0.2) is 11.0 Å². The largest absolute Gasteiger partial charge is 0.365 e. The topological polar surface area (TPSA) is 24.9 Å². The molecular formula is C12H15Cl3N2. The highest BCUT2D eigenvalue weighted by molar-refractivity contribution is 6.42. The molecule has 1 N–H and O–H groups in total. The third-order valence-electron chi connectivity index (χ3n) is 4.19. The number of halogens is 3. The van der Waals surface area contributed by atoms with E-state index >= 15 is 0 Å². The van der Waals surface area contributed by atoms with Gasteiger partial charge in [-0.15, -0.1) is 0 Å². The number of pyridine rings is 1. The first-order valence-corrected chi connectivity index (χ1v) is 6.59. The van der Waals surface area contributed by atoms with Crippen molar-refractivity contribution in [1.82, 2.24) is 4.98 Å². The van der Waals surface area contributed by atoms with Crippen LogP contribution in [0.1, 0.15) is 27.7 Å². The highest BCUT2D eigenvalue weighted by Crippen LogP contribution is 2.63.